The van der Waals surface area contributed by atoms with Gasteiger partial charge in [0.15, 0.2) is 15.7 Å². The SMILES string of the molecule is COC(=O)c1sc(OC)cc1OS(=O)(=O)c1ccc(C)cc1. The van der Waals surface area contributed by atoms with E-state index in [9.17, 15) is 13.2 Å². The van der Waals surface area contributed by atoms with Gasteiger partial charge in [0.05, 0.1) is 14.2 Å². The van der Waals surface area contributed by atoms with Gasteiger partial charge in [-0.05, 0) is 19.1 Å². The van der Waals surface area contributed by atoms with Gasteiger partial charge in [-0.25, -0.2) is 4.79 Å². The summed E-state index contributed by atoms with van der Waals surface area (Å²) in [4.78, 5) is 11.7. The monoisotopic (exact) mass is 342 g/mol. The zero-order valence-corrected chi connectivity index (χ0v) is 13.8. The normalized spacial score (nSPS) is 11.0. The number of rotatable bonds is 5. The number of thiophene rings is 1. The highest BCUT2D eigenvalue weighted by Gasteiger charge is 2.25. The average Bonchev–Trinajstić information content (AvgIpc) is 2.89. The largest absolute Gasteiger partial charge is 0.487 e. The molecule has 0 aliphatic carbocycles. The molecule has 0 amide bonds. The molecular weight excluding hydrogens is 328 g/mol. The Balaban J connectivity index is 2.38. The van der Waals surface area contributed by atoms with E-state index in [1.165, 1.54) is 32.4 Å². The number of ether oxygens (including phenoxy) is 2. The average molecular weight is 342 g/mol. The summed E-state index contributed by atoms with van der Waals surface area (Å²) in [6.45, 7) is 1.84. The summed E-state index contributed by atoms with van der Waals surface area (Å²) in [6.07, 6.45) is 0. The topological polar surface area (TPSA) is 78.9 Å². The molecule has 0 N–H and O–H groups in total. The van der Waals surface area contributed by atoms with E-state index < -0.39 is 16.1 Å². The number of methoxy groups -OCH3 is 2. The van der Waals surface area contributed by atoms with E-state index >= 15 is 0 Å². The molecule has 0 saturated heterocycles. The lowest BCUT2D eigenvalue weighted by Gasteiger charge is -2.07. The Morgan fingerprint density at radius 2 is 1.77 bits per heavy atom. The summed E-state index contributed by atoms with van der Waals surface area (Å²) >= 11 is 0.944. The molecule has 0 atom stereocenters. The van der Waals surface area contributed by atoms with E-state index in [1.807, 2.05) is 6.92 Å². The van der Waals surface area contributed by atoms with Gasteiger partial charge in [-0.3, -0.25) is 0 Å². The second kappa shape index (κ2) is 6.37. The second-order valence-electron chi connectivity index (χ2n) is 4.31. The highest BCUT2D eigenvalue weighted by molar-refractivity contribution is 7.87. The van der Waals surface area contributed by atoms with Crippen molar-refractivity contribution < 1.29 is 26.9 Å². The minimum atomic E-state index is -4.05. The fourth-order valence-electron chi connectivity index (χ4n) is 1.62. The molecule has 8 heteroatoms. The molecule has 6 nitrogen and oxygen atoms in total. The van der Waals surface area contributed by atoms with Crippen molar-refractivity contribution in [2.75, 3.05) is 14.2 Å². The quantitative estimate of drug-likeness (QED) is 0.614. The van der Waals surface area contributed by atoms with Crippen molar-refractivity contribution >= 4 is 27.4 Å². The Hall–Kier alpha value is -2.06. The van der Waals surface area contributed by atoms with Crippen LogP contribution in [0.1, 0.15) is 15.2 Å². The maximum Gasteiger partial charge on any atom is 0.352 e. The van der Waals surface area contributed by atoms with Gasteiger partial charge in [0.1, 0.15) is 4.90 Å². The summed E-state index contributed by atoms with van der Waals surface area (Å²) in [6, 6.07) is 7.53. The predicted octanol–water partition coefficient (Wildman–Crippen LogP) is 2.62. The van der Waals surface area contributed by atoms with Crippen LogP contribution in [0.25, 0.3) is 0 Å². The van der Waals surface area contributed by atoms with Crippen molar-refractivity contribution in [1.82, 2.24) is 0 Å². The molecule has 0 unspecified atom stereocenters. The Labute approximate surface area is 132 Å². The third-order valence-electron chi connectivity index (χ3n) is 2.76. The van der Waals surface area contributed by atoms with Gasteiger partial charge in [-0.2, -0.15) is 8.42 Å². The molecule has 1 aromatic heterocycles. The Morgan fingerprint density at radius 1 is 1.14 bits per heavy atom. The van der Waals surface area contributed by atoms with Gasteiger partial charge < -0.3 is 13.7 Å². The molecule has 0 saturated carbocycles. The van der Waals surface area contributed by atoms with Crippen LogP contribution in [0.4, 0.5) is 0 Å². The fraction of sp³-hybridized carbons (Fsp3) is 0.214. The van der Waals surface area contributed by atoms with Crippen LogP contribution in [0.2, 0.25) is 0 Å². The van der Waals surface area contributed by atoms with Crippen LogP contribution in [0.15, 0.2) is 35.2 Å². The number of carbonyl (C=O) groups is 1. The molecule has 0 spiro atoms. The molecule has 1 heterocycles. The first-order chi connectivity index (χ1) is 10.4. The lowest BCUT2D eigenvalue weighted by atomic mass is 10.2. The summed E-state index contributed by atoms with van der Waals surface area (Å²) in [5, 5.41) is 0.342. The van der Waals surface area contributed by atoms with Gasteiger partial charge in [0.25, 0.3) is 0 Å². The Bertz CT molecular complexity index is 774. The highest BCUT2D eigenvalue weighted by atomic mass is 32.2. The molecule has 0 aliphatic rings. The Kier molecular flexibility index (Phi) is 4.72. The van der Waals surface area contributed by atoms with Gasteiger partial charge in [-0.15, -0.1) is 0 Å². The molecule has 1 aromatic carbocycles. The van der Waals surface area contributed by atoms with E-state index in [1.54, 1.807) is 12.1 Å². The molecule has 118 valence electrons. The van der Waals surface area contributed by atoms with Crippen LogP contribution in [-0.2, 0) is 14.9 Å². The number of hydrogen-bond acceptors (Lipinski definition) is 7. The summed E-state index contributed by atoms with van der Waals surface area (Å²) in [7, 11) is -1.44. The summed E-state index contributed by atoms with van der Waals surface area (Å²) in [5.74, 6) is -0.809. The van der Waals surface area contributed by atoms with E-state index in [4.69, 9.17) is 8.92 Å². The number of aryl methyl sites for hydroxylation is 1. The van der Waals surface area contributed by atoms with E-state index in [0.717, 1.165) is 16.9 Å². The molecule has 2 rings (SSSR count). The van der Waals surface area contributed by atoms with E-state index in [2.05, 4.69) is 4.74 Å². The maximum absolute atomic E-state index is 12.3. The van der Waals surface area contributed by atoms with E-state index in [-0.39, 0.29) is 15.5 Å². The zero-order chi connectivity index (χ0) is 16.3. The van der Waals surface area contributed by atoms with Crippen LogP contribution < -0.4 is 8.92 Å². The van der Waals surface area contributed by atoms with Gasteiger partial charge in [-0.1, -0.05) is 29.0 Å². The second-order valence-corrected chi connectivity index (χ2v) is 6.87. The zero-order valence-electron chi connectivity index (χ0n) is 12.2. The third-order valence-corrected chi connectivity index (χ3v) is 5.06. The Morgan fingerprint density at radius 3 is 2.32 bits per heavy atom. The first kappa shape index (κ1) is 16.3. The highest BCUT2D eigenvalue weighted by Crippen LogP contribution is 2.36. The number of carbonyl (C=O) groups excluding carboxylic acids is 1. The minimum absolute atomic E-state index is 0.000849. The lowest BCUT2D eigenvalue weighted by Crippen LogP contribution is -2.11. The number of benzene rings is 1. The molecular formula is C14H14O6S2. The summed E-state index contributed by atoms with van der Waals surface area (Å²) < 4.78 is 39.2. The van der Waals surface area contributed by atoms with Crippen molar-refractivity contribution in [3.63, 3.8) is 0 Å². The van der Waals surface area contributed by atoms with E-state index in [0.29, 0.717) is 5.06 Å². The van der Waals surface area contributed by atoms with Crippen LogP contribution >= 0.6 is 11.3 Å². The molecule has 0 aliphatic heterocycles. The van der Waals surface area contributed by atoms with Crippen LogP contribution in [0.5, 0.6) is 10.8 Å². The molecule has 0 bridgehead atoms. The van der Waals surface area contributed by atoms with Crippen molar-refractivity contribution in [3.05, 3.63) is 40.8 Å². The minimum Gasteiger partial charge on any atom is -0.487 e. The first-order valence-corrected chi connectivity index (χ1v) is 8.37. The van der Waals surface area contributed by atoms with Gasteiger partial charge >= 0.3 is 16.1 Å². The molecule has 2 aromatic rings. The smallest absolute Gasteiger partial charge is 0.352 e. The third kappa shape index (κ3) is 3.40. The fourth-order valence-corrected chi connectivity index (χ4v) is 3.43. The molecule has 0 fully saturated rings. The van der Waals surface area contributed by atoms with Crippen LogP contribution in [0.3, 0.4) is 0 Å². The summed E-state index contributed by atoms with van der Waals surface area (Å²) in [5.41, 5.74) is 0.923. The number of esters is 1. The van der Waals surface area contributed by atoms with Crippen molar-refractivity contribution in [3.8, 4) is 10.8 Å². The maximum atomic E-state index is 12.3. The first-order valence-electron chi connectivity index (χ1n) is 6.14. The number of hydrogen-bond donors (Lipinski definition) is 0. The van der Waals surface area contributed by atoms with Crippen LogP contribution in [0, 0.1) is 6.92 Å². The van der Waals surface area contributed by atoms with Crippen molar-refractivity contribution in [2.45, 2.75) is 11.8 Å². The standard InChI is InChI=1S/C14H14O6S2/c1-9-4-6-10(7-5-9)22(16,17)20-11-8-12(18-2)21-13(11)14(15)19-3/h4-8H,1-3H3. The molecule has 22 heavy (non-hydrogen) atoms. The lowest BCUT2D eigenvalue weighted by molar-refractivity contribution is 0.0604. The van der Waals surface area contributed by atoms with Crippen LogP contribution in [-0.4, -0.2) is 28.6 Å². The van der Waals surface area contributed by atoms with Gasteiger partial charge in [0, 0.05) is 6.07 Å². The molecule has 0 radical (unpaired) electrons. The predicted molar refractivity (Wildman–Crippen MR) is 81.2 cm³/mol. The van der Waals surface area contributed by atoms with Gasteiger partial charge in [0.2, 0.25) is 0 Å². The van der Waals surface area contributed by atoms with Crippen molar-refractivity contribution in [2.24, 2.45) is 0 Å². The van der Waals surface area contributed by atoms with Crippen molar-refractivity contribution in [1.29, 1.82) is 0 Å².